The van der Waals surface area contributed by atoms with Gasteiger partial charge in [0.25, 0.3) is 5.89 Å². The first-order valence-corrected chi connectivity index (χ1v) is 11.4. The van der Waals surface area contributed by atoms with Crippen molar-refractivity contribution in [2.24, 2.45) is 16.6 Å². The second-order valence-electron chi connectivity index (χ2n) is 8.40. The van der Waals surface area contributed by atoms with Crippen LogP contribution in [0.5, 0.6) is 0 Å². The summed E-state index contributed by atoms with van der Waals surface area (Å²) in [7, 11) is 1.95. The number of nitrogens with zero attached hydrogens (tertiary/aromatic N) is 5. The molecule has 8 heteroatoms. The maximum Gasteiger partial charge on any atom is 0.318 e. The van der Waals surface area contributed by atoms with E-state index < -0.39 is 0 Å². The predicted octanol–water partition coefficient (Wildman–Crippen LogP) is 3.83. The van der Waals surface area contributed by atoms with Gasteiger partial charge in [0.2, 0.25) is 0 Å². The van der Waals surface area contributed by atoms with E-state index in [4.69, 9.17) is 15.1 Å². The van der Waals surface area contributed by atoms with Crippen LogP contribution in [0.15, 0.2) is 44.4 Å². The van der Waals surface area contributed by atoms with Crippen molar-refractivity contribution in [2.75, 3.05) is 31.6 Å². The standard InChI is InChI=1S/C22H30N6OS/c1-14(2)30-17-7-5-16(6-8-17)18-13-27(4)20(23)19(24-18)21-25-26-22(29-21)28-11-9-15(3)10-12-28/h5-8,14-15H,9-13,23H2,1-4H3. The Labute approximate surface area is 182 Å². The van der Waals surface area contributed by atoms with Crippen LogP contribution >= 0.6 is 11.8 Å². The highest BCUT2D eigenvalue weighted by molar-refractivity contribution is 7.99. The van der Waals surface area contributed by atoms with Crippen molar-refractivity contribution in [3.05, 3.63) is 41.5 Å². The molecule has 2 aliphatic rings. The van der Waals surface area contributed by atoms with Gasteiger partial charge in [-0.05, 0) is 36.5 Å². The Morgan fingerprint density at radius 3 is 2.50 bits per heavy atom. The lowest BCUT2D eigenvalue weighted by molar-refractivity contribution is 0.410. The smallest absolute Gasteiger partial charge is 0.318 e. The number of likely N-dealkylation sites (N-methyl/N-ethyl adjacent to an activating group) is 1. The van der Waals surface area contributed by atoms with Crippen LogP contribution in [0.1, 0.15) is 45.1 Å². The molecule has 4 rings (SSSR count). The third kappa shape index (κ3) is 4.48. The monoisotopic (exact) mass is 426 g/mol. The normalized spacial score (nSPS) is 18.4. The molecule has 2 aliphatic heterocycles. The Balaban J connectivity index is 1.58. The number of aliphatic imine (C=N–C) groups is 1. The van der Waals surface area contributed by atoms with Crippen LogP contribution < -0.4 is 10.6 Å². The molecule has 1 aromatic carbocycles. The van der Waals surface area contributed by atoms with Crippen molar-refractivity contribution >= 4 is 29.2 Å². The van der Waals surface area contributed by atoms with Gasteiger partial charge in [-0.15, -0.1) is 16.9 Å². The predicted molar refractivity (Wildman–Crippen MR) is 123 cm³/mol. The Morgan fingerprint density at radius 2 is 1.83 bits per heavy atom. The van der Waals surface area contributed by atoms with Crippen molar-refractivity contribution in [3.8, 4) is 0 Å². The van der Waals surface area contributed by atoms with Gasteiger partial charge in [0.05, 0.1) is 12.3 Å². The van der Waals surface area contributed by atoms with Gasteiger partial charge in [0.1, 0.15) is 5.82 Å². The second-order valence-corrected chi connectivity index (χ2v) is 10.0. The molecule has 0 spiro atoms. The third-order valence-corrected chi connectivity index (χ3v) is 6.53. The quantitative estimate of drug-likeness (QED) is 0.728. The highest BCUT2D eigenvalue weighted by Crippen LogP contribution is 2.29. The summed E-state index contributed by atoms with van der Waals surface area (Å²) in [5, 5.41) is 9.08. The lowest BCUT2D eigenvalue weighted by Gasteiger charge is -2.28. The van der Waals surface area contributed by atoms with E-state index in [1.54, 1.807) is 0 Å². The molecule has 0 amide bonds. The molecular formula is C22H30N6OS. The molecule has 2 aromatic rings. The summed E-state index contributed by atoms with van der Waals surface area (Å²) in [5.74, 6) is 1.66. The molecule has 3 heterocycles. The van der Waals surface area contributed by atoms with E-state index in [2.05, 4.69) is 60.1 Å². The number of nitrogens with two attached hydrogens (primary N) is 1. The summed E-state index contributed by atoms with van der Waals surface area (Å²) in [5.41, 5.74) is 8.89. The zero-order chi connectivity index (χ0) is 21.3. The van der Waals surface area contributed by atoms with Crippen molar-refractivity contribution in [2.45, 2.75) is 43.8 Å². The fourth-order valence-electron chi connectivity index (χ4n) is 3.67. The van der Waals surface area contributed by atoms with Crippen LogP contribution in [-0.2, 0) is 0 Å². The molecule has 1 fully saturated rings. The third-order valence-electron chi connectivity index (χ3n) is 5.52. The molecule has 0 saturated carbocycles. The van der Waals surface area contributed by atoms with E-state index in [1.807, 2.05) is 23.7 Å². The first kappa shape index (κ1) is 20.8. The van der Waals surface area contributed by atoms with Gasteiger partial charge in [0.15, 0.2) is 5.70 Å². The Kier molecular flexibility index (Phi) is 6.04. The van der Waals surface area contributed by atoms with Crippen molar-refractivity contribution < 1.29 is 4.42 Å². The van der Waals surface area contributed by atoms with E-state index in [9.17, 15) is 0 Å². The zero-order valence-corrected chi connectivity index (χ0v) is 18.9. The summed E-state index contributed by atoms with van der Waals surface area (Å²) in [6, 6.07) is 9.07. The van der Waals surface area contributed by atoms with E-state index in [0.717, 1.165) is 43.1 Å². The van der Waals surface area contributed by atoms with E-state index in [-0.39, 0.29) is 0 Å². The number of piperidine rings is 1. The molecule has 1 aromatic heterocycles. The molecule has 160 valence electrons. The molecule has 0 radical (unpaired) electrons. The van der Waals surface area contributed by atoms with Gasteiger partial charge in [-0.25, -0.2) is 4.99 Å². The second kappa shape index (κ2) is 8.71. The van der Waals surface area contributed by atoms with E-state index >= 15 is 0 Å². The average Bonchev–Trinajstić information content (AvgIpc) is 3.20. The summed E-state index contributed by atoms with van der Waals surface area (Å²) >= 11 is 1.85. The molecule has 0 unspecified atom stereocenters. The molecule has 1 saturated heterocycles. The number of benzene rings is 1. The fourth-order valence-corrected chi connectivity index (χ4v) is 4.51. The largest absolute Gasteiger partial charge is 0.401 e. The maximum absolute atomic E-state index is 6.33. The first-order valence-electron chi connectivity index (χ1n) is 10.5. The van der Waals surface area contributed by atoms with Crippen LogP contribution in [0, 0.1) is 5.92 Å². The van der Waals surface area contributed by atoms with Gasteiger partial charge >= 0.3 is 6.01 Å². The Morgan fingerprint density at radius 1 is 1.13 bits per heavy atom. The highest BCUT2D eigenvalue weighted by atomic mass is 32.2. The lowest BCUT2D eigenvalue weighted by Crippen LogP contribution is -2.34. The van der Waals surface area contributed by atoms with Crippen molar-refractivity contribution in [3.63, 3.8) is 0 Å². The first-order chi connectivity index (χ1) is 14.4. The van der Waals surface area contributed by atoms with Crippen molar-refractivity contribution in [1.82, 2.24) is 15.1 Å². The van der Waals surface area contributed by atoms with E-state index in [0.29, 0.717) is 35.2 Å². The minimum Gasteiger partial charge on any atom is -0.401 e. The summed E-state index contributed by atoms with van der Waals surface area (Å²) < 4.78 is 5.99. The van der Waals surface area contributed by atoms with Crippen LogP contribution in [0.25, 0.3) is 5.70 Å². The van der Waals surface area contributed by atoms with Crippen LogP contribution in [0.3, 0.4) is 0 Å². The summed E-state index contributed by atoms with van der Waals surface area (Å²) in [6.45, 7) is 9.18. The molecule has 30 heavy (non-hydrogen) atoms. The topological polar surface area (TPSA) is 83.8 Å². The molecule has 0 atom stereocenters. The number of hydrogen-bond donors (Lipinski definition) is 1. The Hall–Kier alpha value is -2.48. The van der Waals surface area contributed by atoms with Gasteiger partial charge in [-0.2, -0.15) is 0 Å². The minimum atomic E-state index is 0.372. The Bertz CT molecular complexity index is 941. The average molecular weight is 427 g/mol. The van der Waals surface area contributed by atoms with Crippen LogP contribution in [0.4, 0.5) is 6.01 Å². The number of anilines is 1. The van der Waals surface area contributed by atoms with Gasteiger partial charge in [0, 0.05) is 30.3 Å². The SMILES string of the molecule is CC1CCN(c2nnc(C3=C(N)N(C)CC(c4ccc(SC(C)C)cc4)=N3)o2)CC1. The van der Waals surface area contributed by atoms with Gasteiger partial charge < -0.3 is 20.0 Å². The lowest BCUT2D eigenvalue weighted by atomic mass is 10.00. The number of rotatable bonds is 5. The molecule has 0 aliphatic carbocycles. The summed E-state index contributed by atoms with van der Waals surface area (Å²) in [4.78, 5) is 10.2. The van der Waals surface area contributed by atoms with Crippen molar-refractivity contribution in [1.29, 1.82) is 0 Å². The van der Waals surface area contributed by atoms with Gasteiger partial charge in [-0.1, -0.05) is 38.0 Å². The molecule has 2 N–H and O–H groups in total. The maximum atomic E-state index is 6.33. The molecular weight excluding hydrogens is 396 g/mol. The minimum absolute atomic E-state index is 0.372. The van der Waals surface area contributed by atoms with Crippen LogP contribution in [0.2, 0.25) is 0 Å². The summed E-state index contributed by atoms with van der Waals surface area (Å²) in [6.07, 6.45) is 2.28. The number of thioether (sulfide) groups is 1. The van der Waals surface area contributed by atoms with E-state index in [1.165, 1.54) is 4.90 Å². The molecule has 7 nitrogen and oxygen atoms in total. The highest BCUT2D eigenvalue weighted by Gasteiger charge is 2.26. The van der Waals surface area contributed by atoms with Gasteiger partial charge in [-0.3, -0.25) is 0 Å². The zero-order valence-electron chi connectivity index (χ0n) is 18.1. The molecule has 0 bridgehead atoms. The fraction of sp³-hybridized carbons (Fsp3) is 0.500. The van der Waals surface area contributed by atoms with Crippen LogP contribution in [-0.4, -0.2) is 52.7 Å². The number of aromatic nitrogens is 2. The number of hydrogen-bond acceptors (Lipinski definition) is 8.